The lowest BCUT2D eigenvalue weighted by Crippen LogP contribution is -2.49. The minimum Gasteiger partial charge on any atom is -0.504 e. The van der Waals surface area contributed by atoms with Gasteiger partial charge in [0.25, 0.3) is 17.5 Å². The second-order valence-corrected chi connectivity index (χ2v) is 8.95. The molecule has 0 radical (unpaired) electrons. The number of benzene rings is 2. The van der Waals surface area contributed by atoms with E-state index in [1.165, 1.54) is 26.2 Å². The zero-order valence-corrected chi connectivity index (χ0v) is 21.5. The zero-order valence-electron chi connectivity index (χ0n) is 20.0. The summed E-state index contributed by atoms with van der Waals surface area (Å²) in [6, 6.07) is 5.73. The van der Waals surface area contributed by atoms with Gasteiger partial charge >= 0.3 is 0 Å². The number of carbonyl (C=O) groups is 2. The summed E-state index contributed by atoms with van der Waals surface area (Å²) in [5, 5.41) is 28.3. The van der Waals surface area contributed by atoms with E-state index < -0.39 is 28.9 Å². The molecule has 3 N–H and O–H groups in total. The van der Waals surface area contributed by atoms with Gasteiger partial charge in [0, 0.05) is 16.7 Å². The Balaban J connectivity index is 2.11. The maximum Gasteiger partial charge on any atom is 0.274 e. The normalized spacial score (nSPS) is 12.8. The first-order valence-corrected chi connectivity index (χ1v) is 11.5. The average Bonchev–Trinajstić information content (AvgIpc) is 2.80. The van der Waals surface area contributed by atoms with Gasteiger partial charge in [-0.3, -0.25) is 19.7 Å². The number of hydrogen-bond acceptors (Lipinski definition) is 8. The number of non-ortho nitro benzene ring substituents is 1. The van der Waals surface area contributed by atoms with Gasteiger partial charge in [-0.25, -0.2) is 5.43 Å². The Morgan fingerprint density at radius 1 is 1.17 bits per heavy atom. The number of halogens is 2. The molecule has 0 aliphatic heterocycles. The summed E-state index contributed by atoms with van der Waals surface area (Å²) in [6.07, 6.45) is 0.340. The first-order valence-electron chi connectivity index (χ1n) is 10.7. The third-order valence-electron chi connectivity index (χ3n) is 4.81. The molecule has 0 aromatic heterocycles. The second-order valence-electron chi connectivity index (χ2n) is 8.10. The third kappa shape index (κ3) is 7.99. The van der Waals surface area contributed by atoms with Crippen molar-refractivity contribution in [3.05, 3.63) is 56.1 Å². The maximum atomic E-state index is 12.7. The van der Waals surface area contributed by atoms with Gasteiger partial charge in [-0.2, -0.15) is 5.10 Å². The Morgan fingerprint density at radius 2 is 1.86 bits per heavy atom. The first-order chi connectivity index (χ1) is 16.9. The molecule has 0 bridgehead atoms. The number of carbonyl (C=O) groups excluding carboxylic acids is 2. The van der Waals surface area contributed by atoms with E-state index in [1.54, 1.807) is 6.07 Å². The highest BCUT2D eigenvalue weighted by atomic mass is 35.5. The van der Waals surface area contributed by atoms with Crippen LogP contribution < -0.4 is 20.2 Å². The lowest BCUT2D eigenvalue weighted by Gasteiger charge is -2.22. The van der Waals surface area contributed by atoms with Gasteiger partial charge in [-0.15, -0.1) is 0 Å². The van der Waals surface area contributed by atoms with E-state index in [0.29, 0.717) is 5.02 Å². The number of hydrazone groups is 1. The largest absolute Gasteiger partial charge is 0.504 e. The molecule has 0 heterocycles. The number of nitrogens with zero attached hydrogens (tertiary/aromatic N) is 2. The summed E-state index contributed by atoms with van der Waals surface area (Å²) in [4.78, 5) is 35.9. The van der Waals surface area contributed by atoms with Crippen molar-refractivity contribution in [3.63, 3.8) is 0 Å². The number of nitro benzene ring substituents is 1. The highest BCUT2D eigenvalue weighted by Gasteiger charge is 2.25. The molecule has 11 nitrogen and oxygen atoms in total. The summed E-state index contributed by atoms with van der Waals surface area (Å²) in [5.41, 5.74) is 1.89. The smallest absolute Gasteiger partial charge is 0.274 e. The highest BCUT2D eigenvalue weighted by Crippen LogP contribution is 2.33. The Kier molecular flexibility index (Phi) is 10.3. The molecule has 2 aromatic carbocycles. The van der Waals surface area contributed by atoms with Gasteiger partial charge < -0.3 is 19.9 Å². The summed E-state index contributed by atoms with van der Waals surface area (Å²) in [5.74, 6) is -1.42. The van der Waals surface area contributed by atoms with E-state index in [9.17, 15) is 24.8 Å². The van der Waals surface area contributed by atoms with E-state index in [-0.39, 0.29) is 45.9 Å². The molecule has 13 heteroatoms. The summed E-state index contributed by atoms with van der Waals surface area (Å²) in [6.45, 7) is 5.24. The molecule has 0 aliphatic carbocycles. The molecular formula is C23H26Cl2N4O7. The average molecular weight is 541 g/mol. The van der Waals surface area contributed by atoms with Gasteiger partial charge in [-0.1, -0.05) is 37.0 Å². The summed E-state index contributed by atoms with van der Waals surface area (Å²) >= 11 is 12.0. The predicted octanol–water partition coefficient (Wildman–Crippen LogP) is 4.06. The van der Waals surface area contributed by atoms with Crippen molar-refractivity contribution in [2.24, 2.45) is 11.0 Å². The molecule has 2 amide bonds. The van der Waals surface area contributed by atoms with Crippen molar-refractivity contribution < 1.29 is 29.1 Å². The van der Waals surface area contributed by atoms with Crippen LogP contribution in [-0.4, -0.2) is 47.3 Å². The number of ether oxygens (including phenoxy) is 2. The van der Waals surface area contributed by atoms with Crippen LogP contribution in [0.2, 0.25) is 10.0 Å². The fourth-order valence-corrected chi connectivity index (χ4v) is 3.48. The van der Waals surface area contributed by atoms with Crippen LogP contribution in [-0.2, 0) is 9.59 Å². The summed E-state index contributed by atoms with van der Waals surface area (Å²) in [7, 11) is 1.24. The van der Waals surface area contributed by atoms with Crippen molar-refractivity contribution in [2.75, 3.05) is 7.11 Å². The standard InChI is InChI=1S/C23H26Cl2N4O7/c1-12(2)7-18(27-22(31)13(3)36-19-6-5-15(24)9-17(19)25)23(32)28-26-11-14-8-16(29(33)34)10-20(35-4)21(14)30/h5-6,8-13,18,30H,7H2,1-4H3,(H,27,31)(H,28,32)/b26-11-/t13-,18+/m0/s1. The van der Waals surface area contributed by atoms with Gasteiger partial charge in [0.2, 0.25) is 0 Å². The monoisotopic (exact) mass is 540 g/mol. The topological polar surface area (TPSA) is 152 Å². The van der Waals surface area contributed by atoms with E-state index in [1.807, 2.05) is 13.8 Å². The van der Waals surface area contributed by atoms with Crippen LogP contribution in [0.4, 0.5) is 5.69 Å². The van der Waals surface area contributed by atoms with Crippen LogP contribution in [0.5, 0.6) is 17.2 Å². The molecule has 2 rings (SSSR count). The van der Waals surface area contributed by atoms with Crippen LogP contribution in [0.1, 0.15) is 32.8 Å². The van der Waals surface area contributed by atoms with Gasteiger partial charge in [-0.05, 0) is 37.5 Å². The minimum absolute atomic E-state index is 0.0389. The fraction of sp³-hybridized carbons (Fsp3) is 0.348. The number of hydrogen-bond donors (Lipinski definition) is 3. The van der Waals surface area contributed by atoms with Gasteiger partial charge in [0.1, 0.15) is 11.8 Å². The Morgan fingerprint density at radius 3 is 2.44 bits per heavy atom. The van der Waals surface area contributed by atoms with E-state index in [4.69, 9.17) is 32.7 Å². The molecule has 36 heavy (non-hydrogen) atoms. The number of nitro groups is 1. The molecule has 0 fully saturated rings. The molecule has 2 aromatic rings. The predicted molar refractivity (Wildman–Crippen MR) is 135 cm³/mol. The van der Waals surface area contributed by atoms with Crippen molar-refractivity contribution in [3.8, 4) is 17.2 Å². The summed E-state index contributed by atoms with van der Waals surface area (Å²) < 4.78 is 10.5. The SMILES string of the molecule is COc1cc([N+](=O)[O-])cc(/C=N\NC(=O)[C@@H](CC(C)C)NC(=O)[C@H](C)Oc2ccc(Cl)cc2Cl)c1O. The minimum atomic E-state index is -0.982. The van der Waals surface area contributed by atoms with Gasteiger partial charge in [0.05, 0.1) is 29.3 Å². The van der Waals surface area contributed by atoms with Crippen molar-refractivity contribution in [1.29, 1.82) is 0 Å². The van der Waals surface area contributed by atoms with E-state index in [2.05, 4.69) is 15.8 Å². The van der Waals surface area contributed by atoms with E-state index in [0.717, 1.165) is 18.3 Å². The number of aromatic hydroxyl groups is 1. The molecule has 0 saturated carbocycles. The first kappa shape index (κ1) is 28.7. The highest BCUT2D eigenvalue weighted by molar-refractivity contribution is 6.35. The van der Waals surface area contributed by atoms with Crippen LogP contribution in [0.3, 0.4) is 0 Å². The lowest BCUT2D eigenvalue weighted by atomic mass is 10.0. The molecule has 0 aliphatic rings. The molecule has 0 unspecified atom stereocenters. The zero-order chi connectivity index (χ0) is 27.0. The quantitative estimate of drug-likeness (QED) is 0.220. The maximum absolute atomic E-state index is 12.7. The van der Waals surface area contributed by atoms with Gasteiger partial charge in [0.15, 0.2) is 17.6 Å². The Labute approximate surface area is 217 Å². The number of nitrogens with one attached hydrogen (secondary N) is 2. The second kappa shape index (κ2) is 12.9. The number of rotatable bonds is 11. The number of phenolic OH excluding ortho intramolecular Hbond substituents is 1. The molecular weight excluding hydrogens is 515 g/mol. The van der Waals surface area contributed by atoms with Crippen molar-refractivity contribution in [2.45, 2.75) is 39.3 Å². The fourth-order valence-electron chi connectivity index (χ4n) is 3.02. The van der Waals surface area contributed by atoms with Crippen LogP contribution >= 0.6 is 23.2 Å². The molecule has 2 atom stereocenters. The number of phenols is 1. The number of amides is 2. The van der Waals surface area contributed by atoms with Crippen molar-refractivity contribution in [1.82, 2.24) is 10.7 Å². The van der Waals surface area contributed by atoms with Crippen LogP contribution in [0.15, 0.2) is 35.4 Å². The van der Waals surface area contributed by atoms with Crippen LogP contribution in [0, 0.1) is 16.0 Å². The lowest BCUT2D eigenvalue weighted by molar-refractivity contribution is -0.385. The molecule has 0 saturated heterocycles. The van der Waals surface area contributed by atoms with Crippen molar-refractivity contribution >= 4 is 46.9 Å². The number of methoxy groups -OCH3 is 1. The van der Waals surface area contributed by atoms with Crippen LogP contribution in [0.25, 0.3) is 0 Å². The third-order valence-corrected chi connectivity index (χ3v) is 5.34. The Bertz CT molecular complexity index is 1160. The Hall–Kier alpha value is -3.57. The molecule has 194 valence electrons. The molecule has 0 spiro atoms. The van der Waals surface area contributed by atoms with E-state index >= 15 is 0 Å².